The van der Waals surface area contributed by atoms with E-state index in [9.17, 15) is 8.60 Å². The molecule has 30 heavy (non-hydrogen) atoms. The zero-order chi connectivity index (χ0) is 20.5. The van der Waals surface area contributed by atoms with E-state index < -0.39 is 10.8 Å². The number of rotatable bonds is 7. The quantitative estimate of drug-likeness (QED) is 0.318. The second-order valence-electron chi connectivity index (χ2n) is 7.18. The molecule has 0 aromatic heterocycles. The first-order valence-corrected chi connectivity index (χ1v) is 11.5. The number of nitrogens with one attached hydrogen (secondary N) is 2. The minimum absolute atomic E-state index is 0. The fraction of sp³-hybridized carbons (Fsp3) is 0.409. The summed E-state index contributed by atoms with van der Waals surface area (Å²) < 4.78 is 25.8. The normalized spacial score (nSPS) is 17.7. The molecule has 0 bridgehead atoms. The van der Waals surface area contributed by atoms with Crippen LogP contribution in [0.1, 0.15) is 18.4 Å². The van der Waals surface area contributed by atoms with E-state index >= 15 is 0 Å². The minimum Gasteiger partial charge on any atom is -0.369 e. The highest BCUT2D eigenvalue weighted by Gasteiger charge is 2.21. The average molecular weight is 544 g/mol. The first-order chi connectivity index (χ1) is 14.1. The summed E-state index contributed by atoms with van der Waals surface area (Å²) in [4.78, 5) is 6.49. The van der Waals surface area contributed by atoms with Crippen molar-refractivity contribution in [3.63, 3.8) is 0 Å². The number of aliphatic imine (C=N–C) groups is 1. The van der Waals surface area contributed by atoms with E-state index in [-0.39, 0.29) is 35.8 Å². The molecule has 1 heterocycles. The van der Waals surface area contributed by atoms with E-state index in [1.807, 2.05) is 36.4 Å². The average Bonchev–Trinajstić information content (AvgIpc) is 2.74. The summed E-state index contributed by atoms with van der Waals surface area (Å²) in [5.41, 5.74) is 2.00. The van der Waals surface area contributed by atoms with Crippen molar-refractivity contribution >= 4 is 46.4 Å². The molecule has 0 amide bonds. The Hall–Kier alpha value is -1.68. The Morgan fingerprint density at radius 1 is 1.23 bits per heavy atom. The number of guanidine groups is 1. The lowest BCUT2D eigenvalue weighted by Gasteiger charge is -2.35. The Morgan fingerprint density at radius 2 is 2.03 bits per heavy atom. The van der Waals surface area contributed by atoms with Crippen molar-refractivity contribution in [1.29, 1.82) is 0 Å². The molecule has 0 aliphatic carbocycles. The molecule has 164 valence electrons. The maximum absolute atomic E-state index is 13.5. The Bertz CT molecular complexity index is 837. The van der Waals surface area contributed by atoms with Crippen LogP contribution in [0.4, 0.5) is 10.1 Å². The van der Waals surface area contributed by atoms with Crippen LogP contribution < -0.4 is 15.5 Å². The lowest BCUT2D eigenvalue weighted by atomic mass is 10.0. The third kappa shape index (κ3) is 7.86. The predicted molar refractivity (Wildman–Crippen MR) is 135 cm³/mol. The van der Waals surface area contributed by atoms with Gasteiger partial charge in [-0.3, -0.25) is 9.20 Å². The third-order valence-corrected chi connectivity index (χ3v) is 6.27. The number of hydrogen-bond acceptors (Lipinski definition) is 3. The van der Waals surface area contributed by atoms with E-state index in [4.69, 9.17) is 0 Å². The van der Waals surface area contributed by atoms with Crippen LogP contribution in [0.2, 0.25) is 0 Å². The van der Waals surface area contributed by atoms with Crippen molar-refractivity contribution in [2.24, 2.45) is 4.99 Å². The predicted octanol–water partition coefficient (Wildman–Crippen LogP) is 3.53. The summed E-state index contributed by atoms with van der Waals surface area (Å²) >= 11 is 0. The second kappa shape index (κ2) is 12.9. The molecule has 0 saturated carbocycles. The van der Waals surface area contributed by atoms with Crippen LogP contribution in [-0.2, 0) is 16.6 Å². The molecule has 2 atom stereocenters. The van der Waals surface area contributed by atoms with E-state index in [0.29, 0.717) is 24.0 Å². The summed E-state index contributed by atoms with van der Waals surface area (Å²) in [5.74, 6) is 1.64. The standard InChI is InChI=1S/C22H29FN4OS.HI/c1-24-22(25-12-14-29(28)17-18-7-3-2-4-8-18)26-20-10-6-13-27(16-20)21-11-5-9-19(23)15-21;/h2-5,7-9,11,15,20H,6,10,12-14,16-17H2,1H3,(H2,24,25,26);1H. The van der Waals surface area contributed by atoms with Gasteiger partial charge in [0.15, 0.2) is 5.96 Å². The van der Waals surface area contributed by atoms with Gasteiger partial charge in [-0.2, -0.15) is 0 Å². The molecule has 1 aliphatic rings. The molecule has 0 spiro atoms. The van der Waals surface area contributed by atoms with Gasteiger partial charge < -0.3 is 15.5 Å². The Labute approximate surface area is 198 Å². The smallest absolute Gasteiger partial charge is 0.191 e. The molecule has 0 radical (unpaired) electrons. The summed E-state index contributed by atoms with van der Waals surface area (Å²) in [6.07, 6.45) is 2.07. The van der Waals surface area contributed by atoms with Crippen molar-refractivity contribution in [1.82, 2.24) is 10.6 Å². The minimum atomic E-state index is -0.918. The zero-order valence-electron chi connectivity index (χ0n) is 17.2. The van der Waals surface area contributed by atoms with Crippen LogP contribution in [0.3, 0.4) is 0 Å². The largest absolute Gasteiger partial charge is 0.369 e. The summed E-state index contributed by atoms with van der Waals surface area (Å²) in [5, 5.41) is 6.71. The van der Waals surface area contributed by atoms with E-state index in [2.05, 4.69) is 20.5 Å². The van der Waals surface area contributed by atoms with Gasteiger partial charge in [0.25, 0.3) is 0 Å². The highest BCUT2D eigenvalue weighted by molar-refractivity contribution is 14.0. The van der Waals surface area contributed by atoms with Crippen molar-refractivity contribution in [3.05, 3.63) is 66.0 Å². The molecule has 1 fully saturated rings. The maximum Gasteiger partial charge on any atom is 0.191 e. The number of nitrogens with zero attached hydrogens (tertiary/aromatic N) is 2. The molecule has 8 heteroatoms. The van der Waals surface area contributed by atoms with Gasteiger partial charge in [-0.05, 0) is 36.6 Å². The maximum atomic E-state index is 13.5. The van der Waals surface area contributed by atoms with Crippen molar-refractivity contribution in [2.45, 2.75) is 24.6 Å². The molecule has 5 nitrogen and oxygen atoms in total. The highest BCUT2D eigenvalue weighted by Crippen LogP contribution is 2.20. The molecule has 2 aromatic rings. The van der Waals surface area contributed by atoms with Crippen LogP contribution in [0.15, 0.2) is 59.6 Å². The van der Waals surface area contributed by atoms with Gasteiger partial charge in [0, 0.05) is 60.7 Å². The van der Waals surface area contributed by atoms with Gasteiger partial charge in [-0.25, -0.2) is 4.39 Å². The molecule has 2 N–H and O–H groups in total. The Balaban J connectivity index is 0.00000320. The van der Waals surface area contributed by atoms with Gasteiger partial charge in [0.2, 0.25) is 0 Å². The molecule has 2 aromatic carbocycles. The highest BCUT2D eigenvalue weighted by atomic mass is 127. The Kier molecular flexibility index (Phi) is 10.6. The van der Waals surface area contributed by atoms with Crippen LogP contribution >= 0.6 is 24.0 Å². The van der Waals surface area contributed by atoms with Gasteiger partial charge in [-0.1, -0.05) is 36.4 Å². The third-order valence-electron chi connectivity index (χ3n) is 4.95. The molecular formula is C22H30FIN4OS. The van der Waals surface area contributed by atoms with Crippen molar-refractivity contribution in [3.8, 4) is 0 Å². The van der Waals surface area contributed by atoms with Gasteiger partial charge in [0.05, 0.1) is 0 Å². The topological polar surface area (TPSA) is 56.7 Å². The summed E-state index contributed by atoms with van der Waals surface area (Å²) in [6.45, 7) is 2.32. The first-order valence-electron chi connectivity index (χ1n) is 10.0. The lowest BCUT2D eigenvalue weighted by molar-refractivity contribution is 0.468. The van der Waals surface area contributed by atoms with Crippen molar-refractivity contribution in [2.75, 3.05) is 37.3 Å². The van der Waals surface area contributed by atoms with E-state index in [0.717, 1.165) is 37.2 Å². The molecule has 2 unspecified atom stereocenters. The van der Waals surface area contributed by atoms with Crippen LogP contribution in [0, 0.1) is 5.82 Å². The van der Waals surface area contributed by atoms with E-state index in [1.165, 1.54) is 6.07 Å². The van der Waals surface area contributed by atoms with E-state index in [1.54, 1.807) is 19.2 Å². The van der Waals surface area contributed by atoms with Crippen LogP contribution in [0.25, 0.3) is 0 Å². The summed E-state index contributed by atoms with van der Waals surface area (Å²) in [7, 11) is 0.821. The number of halogens is 2. The van der Waals surface area contributed by atoms with Crippen molar-refractivity contribution < 1.29 is 8.60 Å². The van der Waals surface area contributed by atoms with Crippen LogP contribution in [0.5, 0.6) is 0 Å². The SMILES string of the molecule is CN=C(NCCS(=O)Cc1ccccc1)NC1CCCN(c2cccc(F)c2)C1.I. The second-order valence-corrected chi connectivity index (χ2v) is 8.76. The van der Waals surface area contributed by atoms with Gasteiger partial charge in [0.1, 0.15) is 5.82 Å². The fourth-order valence-corrected chi connectivity index (χ4v) is 4.54. The number of hydrogen-bond donors (Lipinski definition) is 2. The zero-order valence-corrected chi connectivity index (χ0v) is 20.4. The molecular weight excluding hydrogens is 514 g/mol. The van der Waals surface area contributed by atoms with Crippen LogP contribution in [-0.4, -0.2) is 48.6 Å². The number of benzene rings is 2. The molecule has 3 rings (SSSR count). The molecule has 1 saturated heterocycles. The number of anilines is 1. The number of piperidine rings is 1. The Morgan fingerprint density at radius 3 is 2.77 bits per heavy atom. The fourth-order valence-electron chi connectivity index (χ4n) is 3.51. The van der Waals surface area contributed by atoms with Gasteiger partial charge in [-0.15, -0.1) is 24.0 Å². The monoisotopic (exact) mass is 544 g/mol. The molecule has 1 aliphatic heterocycles. The lowest BCUT2D eigenvalue weighted by Crippen LogP contribution is -2.51. The van der Waals surface area contributed by atoms with Gasteiger partial charge >= 0.3 is 0 Å². The summed E-state index contributed by atoms with van der Waals surface area (Å²) in [6, 6.07) is 16.9. The first kappa shape index (κ1) is 24.6.